The number of rotatable bonds is 6. The molecule has 0 aromatic heterocycles. The largest absolute Gasteiger partial charge is 0.454 e. The van der Waals surface area contributed by atoms with Gasteiger partial charge in [-0.25, -0.2) is 0 Å². The van der Waals surface area contributed by atoms with Gasteiger partial charge in [0.15, 0.2) is 11.5 Å². The third kappa shape index (κ3) is 3.07. The zero-order valence-electron chi connectivity index (χ0n) is 11.1. The number of nitrogens with zero attached hydrogens (tertiary/aromatic N) is 1. The highest BCUT2D eigenvalue weighted by molar-refractivity contribution is 5.68. The van der Waals surface area contributed by atoms with Crippen LogP contribution in [0.5, 0.6) is 11.5 Å². The molecule has 1 aromatic rings. The van der Waals surface area contributed by atoms with Crippen LogP contribution in [0.1, 0.15) is 26.7 Å². The molecule has 0 amide bonds. The van der Waals surface area contributed by atoms with E-state index >= 15 is 0 Å². The lowest BCUT2D eigenvalue weighted by Crippen LogP contribution is -2.12. The number of anilines is 1. The number of fused-ring (bicyclic) bond motifs is 1. The molecule has 19 heavy (non-hydrogen) atoms. The maximum absolute atomic E-state index is 11.1. The van der Waals surface area contributed by atoms with Gasteiger partial charge in [-0.2, -0.15) is 0 Å². The van der Waals surface area contributed by atoms with E-state index in [1.807, 2.05) is 0 Å². The van der Waals surface area contributed by atoms with Gasteiger partial charge < -0.3 is 14.8 Å². The summed E-state index contributed by atoms with van der Waals surface area (Å²) in [6.07, 6.45) is 2.19. The number of ether oxygens (including phenoxy) is 2. The second-order valence-corrected chi connectivity index (χ2v) is 4.75. The number of hydrogen-bond acceptors (Lipinski definition) is 5. The van der Waals surface area contributed by atoms with Crippen molar-refractivity contribution in [3.05, 3.63) is 22.2 Å². The van der Waals surface area contributed by atoms with Crippen LogP contribution in [0.15, 0.2) is 12.1 Å². The van der Waals surface area contributed by atoms with Gasteiger partial charge in [0.25, 0.3) is 5.69 Å². The Morgan fingerprint density at radius 3 is 2.74 bits per heavy atom. The van der Waals surface area contributed by atoms with Crippen LogP contribution in [-0.4, -0.2) is 18.3 Å². The van der Waals surface area contributed by atoms with E-state index in [0.29, 0.717) is 29.6 Å². The minimum Gasteiger partial charge on any atom is -0.454 e. The molecule has 1 aliphatic heterocycles. The zero-order chi connectivity index (χ0) is 13.8. The first-order chi connectivity index (χ1) is 9.11. The molecule has 0 aliphatic carbocycles. The Balaban J connectivity index is 2.16. The summed E-state index contributed by atoms with van der Waals surface area (Å²) in [7, 11) is 0. The van der Waals surface area contributed by atoms with Crippen molar-refractivity contribution in [3.8, 4) is 11.5 Å². The highest BCUT2D eigenvalue weighted by Gasteiger charge is 2.23. The van der Waals surface area contributed by atoms with Crippen molar-refractivity contribution in [1.82, 2.24) is 0 Å². The lowest BCUT2D eigenvalue weighted by atomic mass is 10.1. The Labute approximate surface area is 111 Å². The fourth-order valence-electron chi connectivity index (χ4n) is 2.10. The SMILES string of the molecule is CCCC(C)CNc1cc2c(cc1[N+](=O)[O-])OCO2. The summed E-state index contributed by atoms with van der Waals surface area (Å²) in [4.78, 5) is 10.7. The molecular weight excluding hydrogens is 248 g/mol. The molecule has 0 fully saturated rings. The number of nitrogens with one attached hydrogen (secondary N) is 1. The van der Waals surface area contributed by atoms with Gasteiger partial charge in [0.2, 0.25) is 6.79 Å². The third-order valence-corrected chi connectivity index (χ3v) is 3.11. The number of hydrogen-bond donors (Lipinski definition) is 1. The van der Waals surface area contributed by atoms with Crippen molar-refractivity contribution in [3.63, 3.8) is 0 Å². The molecule has 6 nitrogen and oxygen atoms in total. The maximum atomic E-state index is 11.1. The number of benzene rings is 1. The molecule has 2 rings (SSSR count). The Bertz CT molecular complexity index is 476. The normalized spacial score (nSPS) is 14.2. The van der Waals surface area contributed by atoms with Crippen LogP contribution in [0.3, 0.4) is 0 Å². The lowest BCUT2D eigenvalue weighted by molar-refractivity contribution is -0.384. The van der Waals surface area contributed by atoms with E-state index in [1.165, 1.54) is 6.07 Å². The van der Waals surface area contributed by atoms with Crippen LogP contribution in [0.2, 0.25) is 0 Å². The second-order valence-electron chi connectivity index (χ2n) is 4.75. The van der Waals surface area contributed by atoms with Crippen molar-refractivity contribution in [2.24, 2.45) is 5.92 Å². The van der Waals surface area contributed by atoms with Crippen molar-refractivity contribution in [1.29, 1.82) is 0 Å². The van der Waals surface area contributed by atoms with Gasteiger partial charge in [0.1, 0.15) is 5.69 Å². The topological polar surface area (TPSA) is 73.6 Å². The van der Waals surface area contributed by atoms with Crippen molar-refractivity contribution in [2.75, 3.05) is 18.7 Å². The van der Waals surface area contributed by atoms with Crippen molar-refractivity contribution < 1.29 is 14.4 Å². The average Bonchev–Trinajstić information content (AvgIpc) is 2.82. The predicted molar refractivity (Wildman–Crippen MR) is 71.8 cm³/mol. The third-order valence-electron chi connectivity index (χ3n) is 3.11. The highest BCUT2D eigenvalue weighted by Crippen LogP contribution is 2.40. The van der Waals surface area contributed by atoms with Gasteiger partial charge in [-0.05, 0) is 12.3 Å². The van der Waals surface area contributed by atoms with E-state index in [2.05, 4.69) is 19.2 Å². The molecule has 0 bridgehead atoms. The predicted octanol–water partition coefficient (Wildman–Crippen LogP) is 3.17. The zero-order valence-corrected chi connectivity index (χ0v) is 11.1. The second kappa shape index (κ2) is 5.77. The van der Waals surface area contributed by atoms with Gasteiger partial charge >= 0.3 is 0 Å². The molecule has 0 radical (unpaired) electrons. The van der Waals surface area contributed by atoms with Gasteiger partial charge in [0, 0.05) is 12.6 Å². The van der Waals surface area contributed by atoms with Crippen LogP contribution in [-0.2, 0) is 0 Å². The molecule has 1 atom stereocenters. The Morgan fingerprint density at radius 2 is 2.11 bits per heavy atom. The van der Waals surface area contributed by atoms with Crippen LogP contribution in [0, 0.1) is 16.0 Å². The monoisotopic (exact) mass is 266 g/mol. The smallest absolute Gasteiger partial charge is 0.296 e. The van der Waals surface area contributed by atoms with E-state index in [9.17, 15) is 10.1 Å². The summed E-state index contributed by atoms with van der Waals surface area (Å²) in [5.74, 6) is 1.45. The summed E-state index contributed by atoms with van der Waals surface area (Å²) >= 11 is 0. The highest BCUT2D eigenvalue weighted by atomic mass is 16.7. The summed E-state index contributed by atoms with van der Waals surface area (Å²) in [5.41, 5.74) is 0.505. The molecule has 6 heteroatoms. The molecule has 1 unspecified atom stereocenters. The Morgan fingerprint density at radius 1 is 1.42 bits per heavy atom. The summed E-state index contributed by atoms with van der Waals surface area (Å²) in [6, 6.07) is 3.05. The molecule has 1 N–H and O–H groups in total. The fourth-order valence-corrected chi connectivity index (χ4v) is 2.10. The molecule has 1 heterocycles. The number of nitro benzene ring substituents is 1. The Hall–Kier alpha value is -1.98. The van der Waals surface area contributed by atoms with Gasteiger partial charge in [-0.3, -0.25) is 10.1 Å². The number of nitro groups is 1. The first-order valence-corrected chi connectivity index (χ1v) is 6.43. The van der Waals surface area contributed by atoms with E-state index < -0.39 is 4.92 Å². The van der Waals surface area contributed by atoms with E-state index in [1.54, 1.807) is 6.07 Å². The van der Waals surface area contributed by atoms with Gasteiger partial charge in [-0.1, -0.05) is 20.3 Å². The quantitative estimate of drug-likeness (QED) is 0.632. The van der Waals surface area contributed by atoms with Crippen LogP contribution >= 0.6 is 0 Å². The van der Waals surface area contributed by atoms with E-state index in [0.717, 1.165) is 12.8 Å². The minimum absolute atomic E-state index is 0.0212. The van der Waals surface area contributed by atoms with Crippen molar-refractivity contribution in [2.45, 2.75) is 26.7 Å². The fraction of sp³-hybridized carbons (Fsp3) is 0.538. The molecule has 0 saturated heterocycles. The molecule has 0 spiro atoms. The first kappa shape index (κ1) is 13.5. The molecule has 104 valence electrons. The van der Waals surface area contributed by atoms with Crippen LogP contribution in [0.4, 0.5) is 11.4 Å². The molecular formula is C13H18N2O4. The lowest BCUT2D eigenvalue weighted by Gasteiger charge is -2.13. The minimum atomic E-state index is -0.408. The summed E-state index contributed by atoms with van der Waals surface area (Å²) in [5, 5.41) is 14.2. The molecule has 1 aliphatic rings. The van der Waals surface area contributed by atoms with E-state index in [4.69, 9.17) is 9.47 Å². The van der Waals surface area contributed by atoms with Crippen LogP contribution < -0.4 is 14.8 Å². The molecule has 1 aromatic carbocycles. The maximum Gasteiger partial charge on any atom is 0.296 e. The average molecular weight is 266 g/mol. The summed E-state index contributed by atoms with van der Waals surface area (Å²) < 4.78 is 10.4. The van der Waals surface area contributed by atoms with Gasteiger partial charge in [-0.15, -0.1) is 0 Å². The van der Waals surface area contributed by atoms with Gasteiger partial charge in [0.05, 0.1) is 11.0 Å². The summed E-state index contributed by atoms with van der Waals surface area (Å²) in [6.45, 7) is 5.06. The Kier molecular flexibility index (Phi) is 4.09. The van der Waals surface area contributed by atoms with Crippen LogP contribution in [0.25, 0.3) is 0 Å². The standard InChI is InChI=1S/C13H18N2O4/c1-3-4-9(2)7-14-10-5-12-13(19-8-18-12)6-11(10)15(16)17/h5-6,9,14H,3-4,7-8H2,1-2H3. The molecule has 0 saturated carbocycles. The van der Waals surface area contributed by atoms with Crippen molar-refractivity contribution >= 4 is 11.4 Å². The first-order valence-electron chi connectivity index (χ1n) is 6.43. The van der Waals surface area contributed by atoms with E-state index in [-0.39, 0.29) is 12.5 Å².